The van der Waals surface area contributed by atoms with Crippen LogP contribution in [-0.4, -0.2) is 18.6 Å². The summed E-state index contributed by atoms with van der Waals surface area (Å²) >= 11 is 9.32. The van der Waals surface area contributed by atoms with Gasteiger partial charge in [0, 0.05) is 11.1 Å². The van der Waals surface area contributed by atoms with Crippen molar-refractivity contribution in [1.29, 1.82) is 0 Å². The first-order valence-corrected chi connectivity index (χ1v) is 10.7. The maximum atomic E-state index is 12.3. The van der Waals surface area contributed by atoms with Crippen molar-refractivity contribution in [3.05, 3.63) is 27.7 Å². The molecule has 1 aromatic rings. The summed E-state index contributed by atoms with van der Waals surface area (Å²) in [5.41, 5.74) is 0. The molecule has 1 aromatic carbocycles. The predicted octanol–water partition coefficient (Wildman–Crippen LogP) is 6.27. The summed E-state index contributed by atoms with van der Waals surface area (Å²) in [5, 5.41) is 3.80. The van der Waals surface area contributed by atoms with Crippen molar-refractivity contribution in [1.82, 2.24) is 5.32 Å². The monoisotopic (exact) mass is 429 g/mol. The van der Waals surface area contributed by atoms with Gasteiger partial charge in [0.05, 0.1) is 4.47 Å². The van der Waals surface area contributed by atoms with Crippen molar-refractivity contribution in [2.75, 3.05) is 6.61 Å². The van der Waals surface area contributed by atoms with Crippen LogP contribution in [0.15, 0.2) is 22.7 Å². The normalized spacial score (nSPS) is 18.0. The molecule has 1 saturated carbocycles. The van der Waals surface area contributed by atoms with Gasteiger partial charge in [-0.2, -0.15) is 0 Å². The van der Waals surface area contributed by atoms with Crippen molar-refractivity contribution >= 4 is 33.4 Å². The Morgan fingerprint density at radius 1 is 1.04 bits per heavy atom. The third-order valence-corrected chi connectivity index (χ3v) is 5.58. The predicted molar refractivity (Wildman–Crippen MR) is 107 cm³/mol. The minimum Gasteiger partial charge on any atom is -0.483 e. The molecule has 1 N–H and O–H groups in total. The Hall–Kier alpha value is -0.740. The van der Waals surface area contributed by atoms with Crippen LogP contribution in [0.4, 0.5) is 0 Å². The molecule has 5 heteroatoms. The first-order valence-electron chi connectivity index (χ1n) is 9.52. The smallest absolute Gasteiger partial charge is 0.258 e. The van der Waals surface area contributed by atoms with Gasteiger partial charge < -0.3 is 10.1 Å². The number of rotatable bonds is 4. The maximum Gasteiger partial charge on any atom is 0.258 e. The fourth-order valence-corrected chi connectivity index (χ4v) is 4.11. The van der Waals surface area contributed by atoms with E-state index in [1.54, 1.807) is 18.2 Å². The molecule has 0 atom stereocenters. The lowest BCUT2D eigenvalue weighted by Gasteiger charge is -2.20. The Morgan fingerprint density at radius 3 is 2.16 bits per heavy atom. The van der Waals surface area contributed by atoms with Crippen molar-refractivity contribution in [2.45, 2.75) is 76.7 Å². The van der Waals surface area contributed by atoms with Gasteiger partial charge in [0.25, 0.3) is 5.91 Å². The average molecular weight is 431 g/mol. The molecule has 0 bridgehead atoms. The van der Waals surface area contributed by atoms with E-state index < -0.39 is 0 Å². The van der Waals surface area contributed by atoms with Gasteiger partial charge in [-0.05, 0) is 47.0 Å². The minimum absolute atomic E-state index is 0.0384. The number of hydrogen-bond acceptors (Lipinski definition) is 2. The summed E-state index contributed by atoms with van der Waals surface area (Å²) in [5.74, 6) is 0.595. The van der Waals surface area contributed by atoms with Crippen LogP contribution in [0.5, 0.6) is 5.75 Å². The Balaban J connectivity index is 1.77. The second kappa shape index (κ2) is 11.8. The summed E-state index contributed by atoms with van der Waals surface area (Å²) < 4.78 is 6.38. The Bertz CT molecular complexity index is 526. The van der Waals surface area contributed by atoms with E-state index in [4.69, 9.17) is 16.3 Å². The molecule has 3 nitrogen and oxygen atoms in total. The lowest BCUT2D eigenvalue weighted by molar-refractivity contribution is -0.123. The van der Waals surface area contributed by atoms with E-state index >= 15 is 0 Å². The molecular formula is C20H29BrClNO2. The first-order chi connectivity index (χ1) is 12.1. The highest BCUT2D eigenvalue weighted by atomic mass is 79.9. The van der Waals surface area contributed by atoms with E-state index in [-0.39, 0.29) is 18.6 Å². The highest BCUT2D eigenvalue weighted by Crippen LogP contribution is 2.27. The van der Waals surface area contributed by atoms with E-state index in [1.165, 1.54) is 57.8 Å². The summed E-state index contributed by atoms with van der Waals surface area (Å²) in [6.07, 6.45) is 13.9. The van der Waals surface area contributed by atoms with E-state index in [1.807, 2.05) is 0 Å². The molecule has 25 heavy (non-hydrogen) atoms. The molecule has 140 valence electrons. The van der Waals surface area contributed by atoms with Gasteiger partial charge in [-0.25, -0.2) is 0 Å². The van der Waals surface area contributed by atoms with Crippen molar-refractivity contribution in [3.63, 3.8) is 0 Å². The minimum atomic E-state index is -0.0426. The highest BCUT2D eigenvalue weighted by molar-refractivity contribution is 9.10. The van der Waals surface area contributed by atoms with Gasteiger partial charge in [0.15, 0.2) is 6.61 Å². The molecule has 0 heterocycles. The molecule has 0 spiro atoms. The lowest BCUT2D eigenvalue weighted by Crippen LogP contribution is -2.38. The largest absolute Gasteiger partial charge is 0.483 e. The Kier molecular flexibility index (Phi) is 9.70. The molecule has 1 amide bonds. The second-order valence-corrected chi connectivity index (χ2v) is 8.18. The second-order valence-electron chi connectivity index (χ2n) is 6.89. The maximum absolute atomic E-state index is 12.3. The molecule has 1 aliphatic rings. The van der Waals surface area contributed by atoms with Crippen LogP contribution in [0.25, 0.3) is 0 Å². The Morgan fingerprint density at radius 2 is 1.60 bits per heavy atom. The van der Waals surface area contributed by atoms with E-state index in [0.717, 1.165) is 17.3 Å². The quantitative estimate of drug-likeness (QED) is 0.611. The zero-order valence-electron chi connectivity index (χ0n) is 14.9. The zero-order valence-corrected chi connectivity index (χ0v) is 17.2. The third kappa shape index (κ3) is 8.46. The van der Waals surface area contributed by atoms with Gasteiger partial charge in [0.1, 0.15) is 5.75 Å². The molecule has 1 aliphatic carbocycles. The van der Waals surface area contributed by atoms with Gasteiger partial charge >= 0.3 is 0 Å². The number of hydrogen-bond donors (Lipinski definition) is 1. The van der Waals surface area contributed by atoms with E-state index in [9.17, 15) is 4.79 Å². The standard InChI is InChI=1S/C20H29BrClNO2/c21-18-14-16(22)12-13-19(18)25-15-20(24)23-17-10-8-6-4-2-1-3-5-7-9-11-17/h12-14,17H,1-11,15H2,(H,23,24). The van der Waals surface area contributed by atoms with Crippen molar-refractivity contribution in [2.24, 2.45) is 0 Å². The van der Waals surface area contributed by atoms with Gasteiger partial charge in [0.2, 0.25) is 0 Å². The summed E-state index contributed by atoms with van der Waals surface area (Å²) in [7, 11) is 0. The number of ether oxygens (including phenoxy) is 1. The first kappa shape index (κ1) is 20.6. The lowest BCUT2D eigenvalue weighted by atomic mass is 9.98. The topological polar surface area (TPSA) is 38.3 Å². The number of carbonyl (C=O) groups excluding carboxylic acids is 1. The summed E-state index contributed by atoms with van der Waals surface area (Å²) in [6.45, 7) is 0.0384. The van der Waals surface area contributed by atoms with Crippen LogP contribution in [0, 0.1) is 0 Å². The Labute approximate surface area is 165 Å². The van der Waals surface area contributed by atoms with Gasteiger partial charge in [-0.15, -0.1) is 0 Å². The van der Waals surface area contributed by atoms with Crippen LogP contribution in [0.1, 0.15) is 70.6 Å². The summed E-state index contributed by atoms with van der Waals surface area (Å²) in [6, 6.07) is 5.58. The van der Waals surface area contributed by atoms with E-state index in [2.05, 4.69) is 21.2 Å². The van der Waals surface area contributed by atoms with Gasteiger partial charge in [-0.1, -0.05) is 69.4 Å². The number of halogens is 2. The van der Waals surface area contributed by atoms with Crippen LogP contribution in [-0.2, 0) is 4.79 Å². The van der Waals surface area contributed by atoms with Crippen LogP contribution in [0.2, 0.25) is 5.02 Å². The molecule has 0 aliphatic heterocycles. The molecular weight excluding hydrogens is 402 g/mol. The molecule has 0 aromatic heterocycles. The van der Waals surface area contributed by atoms with Crippen LogP contribution in [0.3, 0.4) is 0 Å². The van der Waals surface area contributed by atoms with Crippen molar-refractivity contribution < 1.29 is 9.53 Å². The molecule has 1 fully saturated rings. The SMILES string of the molecule is O=C(COc1ccc(Cl)cc1Br)NC1CCCCCCCCCCC1. The average Bonchev–Trinajstić information content (AvgIpc) is 2.56. The zero-order chi connectivity index (χ0) is 17.9. The van der Waals surface area contributed by atoms with Crippen molar-refractivity contribution in [3.8, 4) is 5.75 Å². The van der Waals surface area contributed by atoms with Crippen LogP contribution >= 0.6 is 27.5 Å². The number of benzene rings is 1. The van der Waals surface area contributed by atoms with Crippen LogP contribution < -0.4 is 10.1 Å². The number of amides is 1. The van der Waals surface area contributed by atoms with E-state index in [0.29, 0.717) is 10.8 Å². The van der Waals surface area contributed by atoms with Gasteiger partial charge in [-0.3, -0.25) is 4.79 Å². The summed E-state index contributed by atoms with van der Waals surface area (Å²) in [4.78, 5) is 12.3. The third-order valence-electron chi connectivity index (χ3n) is 4.72. The fraction of sp³-hybridized carbons (Fsp3) is 0.650. The molecule has 0 radical (unpaired) electrons. The highest BCUT2D eigenvalue weighted by Gasteiger charge is 2.14. The number of nitrogens with one attached hydrogen (secondary N) is 1. The molecule has 2 rings (SSSR count). The molecule has 0 saturated heterocycles. The molecule has 0 unspecified atom stereocenters. The fourth-order valence-electron chi connectivity index (χ4n) is 3.31. The number of carbonyl (C=O) groups is 1.